The van der Waals surface area contributed by atoms with Crippen molar-refractivity contribution in [1.29, 1.82) is 0 Å². The van der Waals surface area contributed by atoms with E-state index in [9.17, 15) is 14.4 Å². The monoisotopic (exact) mass is 446 g/mol. The first-order chi connectivity index (χ1) is 14.8. The number of benzene rings is 2. The van der Waals surface area contributed by atoms with Crippen LogP contribution in [0.5, 0.6) is 23.0 Å². The highest BCUT2D eigenvalue weighted by molar-refractivity contribution is 6.39. The Morgan fingerprint density at radius 2 is 1.48 bits per heavy atom. The molecule has 0 radical (unpaired) electrons. The van der Waals surface area contributed by atoms with Gasteiger partial charge in [0.15, 0.2) is 11.5 Å². The molecule has 10 heteroatoms. The average Bonchev–Trinajstić information content (AvgIpc) is 2.76. The molecule has 1 saturated heterocycles. The lowest BCUT2D eigenvalue weighted by molar-refractivity contribution is -0.122. The summed E-state index contributed by atoms with van der Waals surface area (Å²) in [6.45, 7) is 0. The van der Waals surface area contributed by atoms with Crippen LogP contribution in [0.15, 0.2) is 35.9 Å². The summed E-state index contributed by atoms with van der Waals surface area (Å²) in [5.41, 5.74) is 0.297. The van der Waals surface area contributed by atoms with E-state index in [2.05, 4.69) is 5.32 Å². The predicted molar refractivity (Wildman–Crippen MR) is 113 cm³/mol. The van der Waals surface area contributed by atoms with E-state index < -0.39 is 17.8 Å². The summed E-state index contributed by atoms with van der Waals surface area (Å²) in [6, 6.07) is 6.72. The molecular formula is C21H19ClN2O7. The molecule has 2 aromatic rings. The normalized spacial score (nSPS) is 15.1. The molecule has 1 aliphatic rings. The summed E-state index contributed by atoms with van der Waals surface area (Å²) >= 11 is 6.11. The number of urea groups is 1. The molecule has 2 aromatic carbocycles. The summed E-state index contributed by atoms with van der Waals surface area (Å²) in [7, 11) is 5.71. The number of ether oxygens (including phenoxy) is 4. The molecule has 1 N–H and O–H groups in total. The fraction of sp³-hybridized carbons (Fsp3) is 0.190. The standard InChI is InChI=1S/C21H19ClN2O7/c1-28-15-6-5-11(8-18(15)31-4)7-12-19(25)23-21(27)24(20(12)26)14-10-16(29-2)13(22)9-17(14)30-3/h5-10H,1-4H3,(H,23,25,27)/b12-7+. The third kappa shape index (κ3) is 4.13. The summed E-state index contributed by atoms with van der Waals surface area (Å²) in [5.74, 6) is -0.405. The van der Waals surface area contributed by atoms with E-state index in [0.717, 1.165) is 4.90 Å². The summed E-state index contributed by atoms with van der Waals surface area (Å²) in [6.07, 6.45) is 1.35. The second kappa shape index (κ2) is 8.97. The number of hydrogen-bond acceptors (Lipinski definition) is 7. The van der Waals surface area contributed by atoms with Gasteiger partial charge in [-0.2, -0.15) is 0 Å². The van der Waals surface area contributed by atoms with Crippen LogP contribution in [0, 0.1) is 0 Å². The van der Waals surface area contributed by atoms with Crippen LogP contribution in [-0.2, 0) is 9.59 Å². The highest BCUT2D eigenvalue weighted by Crippen LogP contribution is 2.39. The van der Waals surface area contributed by atoms with Crippen LogP contribution in [0.4, 0.5) is 10.5 Å². The molecule has 3 rings (SSSR count). The zero-order valence-corrected chi connectivity index (χ0v) is 17.9. The number of carbonyl (C=O) groups excluding carboxylic acids is 3. The number of hydrogen-bond donors (Lipinski definition) is 1. The zero-order valence-electron chi connectivity index (χ0n) is 17.1. The average molecular weight is 447 g/mol. The Bertz CT molecular complexity index is 1100. The predicted octanol–water partition coefficient (Wildman–Crippen LogP) is 3.04. The number of halogens is 1. The molecule has 1 aliphatic heterocycles. The van der Waals surface area contributed by atoms with Crippen LogP contribution in [0.2, 0.25) is 5.02 Å². The molecule has 0 aromatic heterocycles. The summed E-state index contributed by atoms with van der Waals surface area (Å²) in [4.78, 5) is 38.9. The molecular weight excluding hydrogens is 428 g/mol. The van der Waals surface area contributed by atoms with Crippen molar-refractivity contribution in [3.63, 3.8) is 0 Å². The molecule has 9 nitrogen and oxygen atoms in total. The van der Waals surface area contributed by atoms with Crippen molar-refractivity contribution in [2.75, 3.05) is 33.3 Å². The number of anilines is 1. The van der Waals surface area contributed by atoms with Gasteiger partial charge in [0.1, 0.15) is 17.1 Å². The maximum absolute atomic E-state index is 13.2. The Labute approximate surface area is 183 Å². The molecule has 0 bridgehead atoms. The van der Waals surface area contributed by atoms with E-state index in [1.165, 1.54) is 46.6 Å². The smallest absolute Gasteiger partial charge is 0.336 e. The van der Waals surface area contributed by atoms with Gasteiger partial charge in [-0.25, -0.2) is 9.69 Å². The van der Waals surface area contributed by atoms with E-state index in [1.54, 1.807) is 18.2 Å². The molecule has 0 spiro atoms. The maximum Gasteiger partial charge on any atom is 0.336 e. The van der Waals surface area contributed by atoms with Gasteiger partial charge in [-0.3, -0.25) is 14.9 Å². The van der Waals surface area contributed by atoms with E-state index in [-0.39, 0.29) is 27.8 Å². The second-order valence-corrected chi connectivity index (χ2v) is 6.64. The highest BCUT2D eigenvalue weighted by atomic mass is 35.5. The van der Waals surface area contributed by atoms with Crippen molar-refractivity contribution in [2.24, 2.45) is 0 Å². The fourth-order valence-corrected chi connectivity index (χ4v) is 3.24. The summed E-state index contributed by atoms with van der Waals surface area (Å²) in [5, 5.41) is 2.38. The number of rotatable bonds is 6. The van der Waals surface area contributed by atoms with E-state index >= 15 is 0 Å². The SMILES string of the molecule is COc1cc(N2C(=O)NC(=O)/C(=C\c3ccc(OC)c(OC)c3)C2=O)c(OC)cc1Cl. The first-order valence-electron chi connectivity index (χ1n) is 8.89. The van der Waals surface area contributed by atoms with Gasteiger partial charge in [0.05, 0.1) is 39.1 Å². The van der Waals surface area contributed by atoms with Gasteiger partial charge < -0.3 is 18.9 Å². The number of carbonyl (C=O) groups is 3. The molecule has 1 heterocycles. The van der Waals surface area contributed by atoms with Gasteiger partial charge in [-0.1, -0.05) is 17.7 Å². The fourth-order valence-electron chi connectivity index (χ4n) is 3.00. The lowest BCUT2D eigenvalue weighted by atomic mass is 10.1. The van der Waals surface area contributed by atoms with Crippen molar-refractivity contribution in [2.45, 2.75) is 0 Å². The highest BCUT2D eigenvalue weighted by Gasteiger charge is 2.38. The van der Waals surface area contributed by atoms with Crippen LogP contribution >= 0.6 is 11.6 Å². The van der Waals surface area contributed by atoms with Crippen molar-refractivity contribution in [1.82, 2.24) is 5.32 Å². The van der Waals surface area contributed by atoms with E-state index in [4.69, 9.17) is 30.5 Å². The van der Waals surface area contributed by atoms with E-state index in [1.807, 2.05) is 0 Å². The zero-order chi connectivity index (χ0) is 22.7. The Morgan fingerprint density at radius 1 is 0.839 bits per heavy atom. The van der Waals surface area contributed by atoms with Crippen LogP contribution < -0.4 is 29.2 Å². The van der Waals surface area contributed by atoms with Crippen LogP contribution in [0.25, 0.3) is 6.08 Å². The number of imide groups is 2. The van der Waals surface area contributed by atoms with Crippen molar-refractivity contribution < 1.29 is 33.3 Å². The second-order valence-electron chi connectivity index (χ2n) is 6.23. The van der Waals surface area contributed by atoms with Crippen molar-refractivity contribution >= 4 is 41.2 Å². The largest absolute Gasteiger partial charge is 0.495 e. The molecule has 0 saturated carbocycles. The number of amides is 4. The van der Waals surface area contributed by atoms with Crippen LogP contribution in [-0.4, -0.2) is 46.3 Å². The number of barbiturate groups is 1. The molecule has 4 amide bonds. The minimum Gasteiger partial charge on any atom is -0.495 e. The number of nitrogens with zero attached hydrogens (tertiary/aromatic N) is 1. The Hall–Kier alpha value is -3.72. The van der Waals surface area contributed by atoms with Crippen molar-refractivity contribution in [3.05, 3.63) is 46.5 Å². The lowest BCUT2D eigenvalue weighted by Crippen LogP contribution is -2.54. The molecule has 31 heavy (non-hydrogen) atoms. The topological polar surface area (TPSA) is 103 Å². The lowest BCUT2D eigenvalue weighted by Gasteiger charge is -2.28. The van der Waals surface area contributed by atoms with Gasteiger partial charge >= 0.3 is 6.03 Å². The first-order valence-corrected chi connectivity index (χ1v) is 9.27. The Kier molecular flexibility index (Phi) is 6.36. The first kappa shape index (κ1) is 22.0. The van der Waals surface area contributed by atoms with Crippen LogP contribution in [0.3, 0.4) is 0 Å². The molecule has 162 valence electrons. The van der Waals surface area contributed by atoms with Crippen molar-refractivity contribution in [3.8, 4) is 23.0 Å². The quantitative estimate of drug-likeness (QED) is 0.537. The third-order valence-corrected chi connectivity index (χ3v) is 4.81. The van der Waals surface area contributed by atoms with Gasteiger partial charge in [0.2, 0.25) is 0 Å². The minimum absolute atomic E-state index is 0.0666. The van der Waals surface area contributed by atoms with Gasteiger partial charge in [0.25, 0.3) is 11.8 Å². The number of methoxy groups -OCH3 is 4. The molecule has 0 atom stereocenters. The Morgan fingerprint density at radius 3 is 2.10 bits per heavy atom. The Balaban J connectivity index is 2.09. The van der Waals surface area contributed by atoms with Gasteiger partial charge in [-0.05, 0) is 23.8 Å². The molecule has 0 unspecified atom stereocenters. The van der Waals surface area contributed by atoms with Gasteiger partial charge in [0, 0.05) is 12.1 Å². The third-order valence-electron chi connectivity index (χ3n) is 4.51. The molecule has 1 fully saturated rings. The summed E-state index contributed by atoms with van der Waals surface area (Å²) < 4.78 is 20.9. The maximum atomic E-state index is 13.2. The number of nitrogens with one attached hydrogen (secondary N) is 1. The van der Waals surface area contributed by atoms with Crippen LogP contribution in [0.1, 0.15) is 5.56 Å². The van der Waals surface area contributed by atoms with E-state index in [0.29, 0.717) is 17.1 Å². The minimum atomic E-state index is -0.929. The van der Waals surface area contributed by atoms with Gasteiger partial charge in [-0.15, -0.1) is 0 Å². The molecule has 0 aliphatic carbocycles.